The van der Waals surface area contributed by atoms with E-state index in [4.69, 9.17) is 14.2 Å². The first-order valence-corrected chi connectivity index (χ1v) is 8.98. The summed E-state index contributed by atoms with van der Waals surface area (Å²) in [5.74, 6) is 15.1. The molecule has 0 N–H and O–H groups in total. The van der Waals surface area contributed by atoms with Gasteiger partial charge in [-0.2, -0.15) is 0 Å². The first kappa shape index (κ1) is 17.6. The van der Waals surface area contributed by atoms with Crippen molar-refractivity contribution in [3.8, 4) is 40.9 Å². The van der Waals surface area contributed by atoms with Crippen molar-refractivity contribution in [2.45, 2.75) is 0 Å². The molecule has 1 heterocycles. The molecule has 0 spiro atoms. The average Bonchev–Trinajstić information content (AvgIpc) is 2.77. The topological polar surface area (TPSA) is 27.7 Å². The Morgan fingerprint density at radius 2 is 1.21 bits per heavy atom. The number of fused-ring (bicyclic) bond motifs is 1. The molecule has 0 saturated heterocycles. The molecule has 1 aliphatic heterocycles. The van der Waals surface area contributed by atoms with Gasteiger partial charge in [0.25, 0.3) is 0 Å². The number of benzene rings is 3. The van der Waals surface area contributed by atoms with E-state index in [1.807, 2.05) is 66.7 Å². The Morgan fingerprint density at radius 1 is 0.643 bits per heavy atom. The fourth-order valence-corrected chi connectivity index (χ4v) is 2.76. The maximum atomic E-state index is 5.60. The SMILES string of the molecule is COc1ccc(C#Cc2cccc(C#Cc3ccc4c(c3)OCCO4)c2)cc1. The zero-order valence-corrected chi connectivity index (χ0v) is 15.5. The molecule has 3 aromatic rings. The van der Waals surface area contributed by atoms with Crippen LogP contribution < -0.4 is 14.2 Å². The molecule has 136 valence electrons. The van der Waals surface area contributed by atoms with Crippen LogP contribution in [0.4, 0.5) is 0 Å². The van der Waals surface area contributed by atoms with Crippen molar-refractivity contribution in [3.63, 3.8) is 0 Å². The quantitative estimate of drug-likeness (QED) is 0.602. The minimum Gasteiger partial charge on any atom is -0.497 e. The Hall–Kier alpha value is -3.82. The molecule has 0 saturated carbocycles. The summed E-state index contributed by atoms with van der Waals surface area (Å²) in [6.45, 7) is 1.15. The van der Waals surface area contributed by atoms with Gasteiger partial charge in [-0.15, -0.1) is 0 Å². The number of ether oxygens (including phenoxy) is 3. The van der Waals surface area contributed by atoms with Crippen LogP contribution >= 0.6 is 0 Å². The molecule has 3 nitrogen and oxygen atoms in total. The second-order valence-corrected chi connectivity index (χ2v) is 6.17. The van der Waals surface area contributed by atoms with Crippen molar-refractivity contribution in [1.29, 1.82) is 0 Å². The lowest BCUT2D eigenvalue weighted by Gasteiger charge is -2.17. The van der Waals surface area contributed by atoms with Gasteiger partial charge in [0.1, 0.15) is 19.0 Å². The van der Waals surface area contributed by atoms with E-state index in [0.29, 0.717) is 13.2 Å². The van der Waals surface area contributed by atoms with Crippen LogP contribution in [-0.2, 0) is 0 Å². The van der Waals surface area contributed by atoms with E-state index in [9.17, 15) is 0 Å². The second kappa shape index (κ2) is 8.25. The maximum Gasteiger partial charge on any atom is 0.162 e. The molecule has 0 amide bonds. The molecule has 0 atom stereocenters. The molecule has 4 rings (SSSR count). The Morgan fingerprint density at radius 3 is 1.89 bits per heavy atom. The van der Waals surface area contributed by atoms with Crippen molar-refractivity contribution in [2.75, 3.05) is 20.3 Å². The fraction of sp³-hybridized carbons (Fsp3) is 0.120. The third-order valence-electron chi connectivity index (χ3n) is 4.20. The standard InChI is InChI=1S/C25H18O3/c1-26-23-12-9-19(10-13-23)5-6-20-3-2-4-21(17-20)7-8-22-11-14-24-25(18-22)28-16-15-27-24/h2-4,9-14,17-18H,15-16H2,1H3. The lowest BCUT2D eigenvalue weighted by Crippen LogP contribution is -2.15. The number of methoxy groups -OCH3 is 1. The highest BCUT2D eigenvalue weighted by atomic mass is 16.6. The molecule has 0 radical (unpaired) electrons. The van der Waals surface area contributed by atoms with Gasteiger partial charge in [0, 0.05) is 22.3 Å². The highest BCUT2D eigenvalue weighted by Crippen LogP contribution is 2.30. The number of rotatable bonds is 1. The zero-order valence-electron chi connectivity index (χ0n) is 15.5. The van der Waals surface area contributed by atoms with Gasteiger partial charge in [-0.25, -0.2) is 0 Å². The van der Waals surface area contributed by atoms with Gasteiger partial charge in [-0.3, -0.25) is 0 Å². The monoisotopic (exact) mass is 366 g/mol. The van der Waals surface area contributed by atoms with E-state index in [1.165, 1.54) is 0 Å². The second-order valence-electron chi connectivity index (χ2n) is 6.17. The van der Waals surface area contributed by atoms with Gasteiger partial charge in [-0.1, -0.05) is 29.7 Å². The highest BCUT2D eigenvalue weighted by Gasteiger charge is 2.10. The molecule has 0 bridgehead atoms. The van der Waals surface area contributed by atoms with E-state index in [0.717, 1.165) is 39.5 Å². The molecule has 3 heteroatoms. The van der Waals surface area contributed by atoms with Crippen molar-refractivity contribution < 1.29 is 14.2 Å². The third kappa shape index (κ3) is 4.29. The minimum atomic E-state index is 0.568. The van der Waals surface area contributed by atoms with Crippen molar-refractivity contribution >= 4 is 0 Å². The summed E-state index contributed by atoms with van der Waals surface area (Å²) in [5.41, 5.74) is 3.66. The van der Waals surface area contributed by atoms with Crippen molar-refractivity contribution in [1.82, 2.24) is 0 Å². The predicted molar refractivity (Wildman–Crippen MR) is 109 cm³/mol. The van der Waals surface area contributed by atoms with Crippen LogP contribution in [0.5, 0.6) is 17.2 Å². The molecule has 0 aromatic heterocycles. The van der Waals surface area contributed by atoms with E-state index in [-0.39, 0.29) is 0 Å². The van der Waals surface area contributed by atoms with Crippen LogP contribution in [-0.4, -0.2) is 20.3 Å². The van der Waals surface area contributed by atoms with Crippen LogP contribution in [0, 0.1) is 23.7 Å². The Balaban J connectivity index is 1.52. The van der Waals surface area contributed by atoms with Crippen LogP contribution in [0.15, 0.2) is 66.7 Å². The third-order valence-corrected chi connectivity index (χ3v) is 4.20. The van der Waals surface area contributed by atoms with Gasteiger partial charge in [0.05, 0.1) is 7.11 Å². The summed E-state index contributed by atoms with van der Waals surface area (Å²) in [7, 11) is 1.65. The van der Waals surface area contributed by atoms with Gasteiger partial charge >= 0.3 is 0 Å². The smallest absolute Gasteiger partial charge is 0.162 e. The van der Waals surface area contributed by atoms with E-state index in [1.54, 1.807) is 7.11 Å². The molecule has 1 aliphatic rings. The average molecular weight is 366 g/mol. The summed E-state index contributed by atoms with van der Waals surface area (Å²) in [6, 6.07) is 21.3. The molecular formula is C25H18O3. The summed E-state index contributed by atoms with van der Waals surface area (Å²) in [4.78, 5) is 0. The zero-order chi connectivity index (χ0) is 19.2. The number of hydrogen-bond donors (Lipinski definition) is 0. The minimum absolute atomic E-state index is 0.568. The Labute approximate surface area is 164 Å². The van der Waals surface area contributed by atoms with Crippen LogP contribution in [0.1, 0.15) is 22.3 Å². The lowest BCUT2D eigenvalue weighted by atomic mass is 10.1. The summed E-state index contributed by atoms with van der Waals surface area (Å²) < 4.78 is 16.3. The van der Waals surface area contributed by atoms with Gasteiger partial charge in [0.2, 0.25) is 0 Å². The van der Waals surface area contributed by atoms with Crippen molar-refractivity contribution in [3.05, 3.63) is 89.0 Å². The predicted octanol–water partition coefficient (Wildman–Crippen LogP) is 4.27. The van der Waals surface area contributed by atoms with Crippen LogP contribution in [0.25, 0.3) is 0 Å². The summed E-state index contributed by atoms with van der Waals surface area (Å²) in [6.07, 6.45) is 0. The Kier molecular flexibility index (Phi) is 5.18. The van der Waals surface area contributed by atoms with Gasteiger partial charge in [-0.05, 0) is 60.7 Å². The molecule has 0 unspecified atom stereocenters. The molecule has 3 aromatic carbocycles. The van der Waals surface area contributed by atoms with E-state index < -0.39 is 0 Å². The first-order valence-electron chi connectivity index (χ1n) is 8.98. The summed E-state index contributed by atoms with van der Waals surface area (Å²) in [5, 5.41) is 0. The largest absolute Gasteiger partial charge is 0.497 e. The molecule has 0 aliphatic carbocycles. The molecular weight excluding hydrogens is 348 g/mol. The van der Waals surface area contributed by atoms with E-state index in [2.05, 4.69) is 23.7 Å². The number of hydrogen-bond acceptors (Lipinski definition) is 3. The summed E-state index contributed by atoms with van der Waals surface area (Å²) >= 11 is 0. The fourth-order valence-electron chi connectivity index (χ4n) is 2.76. The maximum absolute atomic E-state index is 5.60. The van der Waals surface area contributed by atoms with Crippen LogP contribution in [0.3, 0.4) is 0 Å². The molecule has 0 fully saturated rings. The van der Waals surface area contributed by atoms with Gasteiger partial charge < -0.3 is 14.2 Å². The first-order chi connectivity index (χ1) is 13.8. The Bertz CT molecular complexity index is 1110. The lowest BCUT2D eigenvalue weighted by molar-refractivity contribution is 0.171. The van der Waals surface area contributed by atoms with Crippen LogP contribution in [0.2, 0.25) is 0 Å². The normalized spacial score (nSPS) is 11.5. The molecule has 28 heavy (non-hydrogen) atoms. The highest BCUT2D eigenvalue weighted by molar-refractivity contribution is 5.52. The van der Waals surface area contributed by atoms with E-state index >= 15 is 0 Å². The van der Waals surface area contributed by atoms with Gasteiger partial charge in [0.15, 0.2) is 11.5 Å². The van der Waals surface area contributed by atoms with Crippen molar-refractivity contribution in [2.24, 2.45) is 0 Å².